The summed E-state index contributed by atoms with van der Waals surface area (Å²) in [6, 6.07) is 2.65. The molecule has 7 nitrogen and oxygen atoms in total. The van der Waals surface area contributed by atoms with Crippen LogP contribution in [0, 0.1) is 17.0 Å². The number of piperazine rings is 1. The fourth-order valence-corrected chi connectivity index (χ4v) is 2.73. The molecule has 2 rings (SSSR count). The van der Waals surface area contributed by atoms with Crippen LogP contribution in [-0.4, -0.2) is 43.6 Å². The number of halogens is 1. The number of benzene rings is 1. The van der Waals surface area contributed by atoms with E-state index >= 15 is 0 Å². The summed E-state index contributed by atoms with van der Waals surface area (Å²) in [4.78, 5) is 24.3. The first-order chi connectivity index (χ1) is 9.95. The lowest BCUT2D eigenvalue weighted by Gasteiger charge is -2.37. The maximum Gasteiger partial charge on any atom is 0.288 e. The van der Waals surface area contributed by atoms with Gasteiger partial charge in [0.1, 0.15) is 11.1 Å². The number of carbonyl (C=O) groups is 1. The van der Waals surface area contributed by atoms with E-state index in [1.807, 2.05) is 4.90 Å². The summed E-state index contributed by atoms with van der Waals surface area (Å²) in [6.45, 7) is 3.67. The summed E-state index contributed by atoms with van der Waals surface area (Å²) in [5.41, 5.74) is 1.35. The Morgan fingerprint density at radius 2 is 2.29 bits per heavy atom. The molecule has 2 N–H and O–H groups in total. The van der Waals surface area contributed by atoms with Gasteiger partial charge in [0.15, 0.2) is 0 Å². The maximum absolute atomic E-state index is 12.0. The minimum atomic E-state index is -0.507. The Kier molecular flexibility index (Phi) is 4.64. The summed E-state index contributed by atoms with van der Waals surface area (Å²) in [5.74, 6) is -0.101. The highest BCUT2D eigenvalue weighted by Crippen LogP contribution is 2.33. The average Bonchev–Trinajstić information content (AvgIpc) is 2.48. The molecule has 1 saturated heterocycles. The van der Waals surface area contributed by atoms with Gasteiger partial charge < -0.3 is 15.5 Å². The smallest absolute Gasteiger partial charge is 0.288 e. The number of anilines is 1. The monoisotopic (exact) mass is 312 g/mol. The Hall–Kier alpha value is -1.86. The van der Waals surface area contributed by atoms with E-state index in [1.165, 1.54) is 6.07 Å². The van der Waals surface area contributed by atoms with Crippen LogP contribution in [0.25, 0.3) is 0 Å². The Labute approximate surface area is 127 Å². The first-order valence-corrected chi connectivity index (χ1v) is 6.97. The van der Waals surface area contributed by atoms with E-state index in [0.29, 0.717) is 13.1 Å². The van der Waals surface area contributed by atoms with Crippen LogP contribution in [0.5, 0.6) is 0 Å². The van der Waals surface area contributed by atoms with Gasteiger partial charge in [-0.05, 0) is 18.6 Å². The Bertz CT molecular complexity index is 579. The van der Waals surface area contributed by atoms with E-state index in [0.717, 1.165) is 17.8 Å². The molecule has 1 amide bonds. The van der Waals surface area contributed by atoms with Gasteiger partial charge in [0.05, 0.1) is 4.92 Å². The number of nitrogens with one attached hydrogen (secondary N) is 2. The molecule has 0 radical (unpaired) electrons. The van der Waals surface area contributed by atoms with Crippen LogP contribution < -0.4 is 15.5 Å². The van der Waals surface area contributed by atoms with Crippen molar-refractivity contribution in [3.63, 3.8) is 0 Å². The number of aryl methyl sites for hydroxylation is 1. The highest BCUT2D eigenvalue weighted by atomic mass is 35.5. The number of likely N-dealkylation sites (N-methyl/N-ethyl adjacent to an activating group) is 1. The van der Waals surface area contributed by atoms with Gasteiger partial charge in [-0.1, -0.05) is 11.6 Å². The van der Waals surface area contributed by atoms with Crippen molar-refractivity contribution >= 4 is 28.9 Å². The van der Waals surface area contributed by atoms with Crippen LogP contribution in [0.3, 0.4) is 0 Å². The molecule has 114 valence electrons. The molecule has 0 spiro atoms. The highest BCUT2D eigenvalue weighted by molar-refractivity contribution is 6.33. The van der Waals surface area contributed by atoms with Crippen molar-refractivity contribution in [3.05, 3.63) is 32.8 Å². The quantitative estimate of drug-likeness (QED) is 0.644. The van der Waals surface area contributed by atoms with E-state index in [9.17, 15) is 14.9 Å². The maximum atomic E-state index is 12.0. The van der Waals surface area contributed by atoms with Crippen molar-refractivity contribution < 1.29 is 9.72 Å². The number of rotatable bonds is 3. The molecule has 1 unspecified atom stereocenters. The van der Waals surface area contributed by atoms with Crippen molar-refractivity contribution in [2.45, 2.75) is 13.0 Å². The first-order valence-electron chi connectivity index (χ1n) is 6.59. The minimum Gasteiger partial charge on any atom is -0.357 e. The topological polar surface area (TPSA) is 87.5 Å². The third-order valence-electron chi connectivity index (χ3n) is 3.56. The predicted molar refractivity (Wildman–Crippen MR) is 80.9 cm³/mol. The molecule has 1 aromatic carbocycles. The summed E-state index contributed by atoms with van der Waals surface area (Å²) in [7, 11) is 1.59. The fraction of sp³-hybridized carbons (Fsp3) is 0.462. The zero-order valence-corrected chi connectivity index (χ0v) is 12.6. The predicted octanol–water partition coefficient (Wildman–Crippen LogP) is 1.08. The van der Waals surface area contributed by atoms with Crippen LogP contribution in [0.4, 0.5) is 11.4 Å². The average molecular weight is 313 g/mol. The molecular formula is C13H17ClN4O3. The van der Waals surface area contributed by atoms with Gasteiger partial charge in [-0.2, -0.15) is 0 Å². The van der Waals surface area contributed by atoms with Crippen molar-refractivity contribution in [2.24, 2.45) is 0 Å². The Morgan fingerprint density at radius 1 is 1.57 bits per heavy atom. The lowest BCUT2D eigenvalue weighted by Crippen LogP contribution is -2.57. The number of amides is 1. The van der Waals surface area contributed by atoms with Crippen LogP contribution in [-0.2, 0) is 4.79 Å². The van der Waals surface area contributed by atoms with Gasteiger partial charge in [-0.3, -0.25) is 14.9 Å². The standard InChI is InChI=1S/C13H17ClN4O3/c1-8-5-11(18(20)21)9(14)6-10(8)17-4-3-16-7-12(17)13(19)15-2/h5-6,12,16H,3-4,7H2,1-2H3,(H,15,19). The summed E-state index contributed by atoms with van der Waals surface area (Å²) >= 11 is 5.99. The van der Waals surface area contributed by atoms with Crippen molar-refractivity contribution in [3.8, 4) is 0 Å². The molecule has 1 aliphatic rings. The highest BCUT2D eigenvalue weighted by Gasteiger charge is 2.30. The van der Waals surface area contributed by atoms with Crippen molar-refractivity contribution in [1.29, 1.82) is 0 Å². The second kappa shape index (κ2) is 6.28. The third-order valence-corrected chi connectivity index (χ3v) is 3.87. The fourth-order valence-electron chi connectivity index (χ4n) is 2.50. The molecule has 0 aliphatic carbocycles. The Balaban J connectivity index is 2.41. The van der Waals surface area contributed by atoms with Gasteiger partial charge in [-0.25, -0.2) is 0 Å². The van der Waals surface area contributed by atoms with Gasteiger partial charge >= 0.3 is 0 Å². The van der Waals surface area contributed by atoms with E-state index in [4.69, 9.17) is 11.6 Å². The van der Waals surface area contributed by atoms with Gasteiger partial charge in [0.2, 0.25) is 5.91 Å². The van der Waals surface area contributed by atoms with E-state index in [2.05, 4.69) is 10.6 Å². The number of nitro benzene ring substituents is 1. The number of carbonyl (C=O) groups excluding carboxylic acids is 1. The SMILES string of the molecule is CNC(=O)C1CNCCN1c1cc(Cl)c([N+](=O)[O-])cc1C. The molecule has 1 aromatic rings. The molecule has 1 fully saturated rings. The van der Waals surface area contributed by atoms with Crippen LogP contribution >= 0.6 is 11.6 Å². The van der Waals surface area contributed by atoms with E-state index in [-0.39, 0.29) is 22.7 Å². The largest absolute Gasteiger partial charge is 0.357 e. The second-order valence-electron chi connectivity index (χ2n) is 4.87. The second-order valence-corrected chi connectivity index (χ2v) is 5.28. The minimum absolute atomic E-state index is 0.0785. The summed E-state index contributed by atoms with van der Waals surface area (Å²) in [6.07, 6.45) is 0. The van der Waals surface area contributed by atoms with Crippen LogP contribution in [0.2, 0.25) is 5.02 Å². The van der Waals surface area contributed by atoms with Gasteiger partial charge in [0, 0.05) is 38.4 Å². The molecule has 0 bridgehead atoms. The lowest BCUT2D eigenvalue weighted by molar-refractivity contribution is -0.384. The van der Waals surface area contributed by atoms with Gasteiger partial charge in [-0.15, -0.1) is 0 Å². The van der Waals surface area contributed by atoms with Gasteiger partial charge in [0.25, 0.3) is 5.69 Å². The molecule has 1 aliphatic heterocycles. The molecule has 8 heteroatoms. The van der Waals surface area contributed by atoms with E-state index in [1.54, 1.807) is 20.0 Å². The number of nitrogens with zero attached hydrogens (tertiary/aromatic N) is 2. The summed E-state index contributed by atoms with van der Waals surface area (Å²) in [5, 5.41) is 16.8. The zero-order valence-electron chi connectivity index (χ0n) is 11.9. The molecular weight excluding hydrogens is 296 g/mol. The van der Waals surface area contributed by atoms with Crippen molar-refractivity contribution in [1.82, 2.24) is 10.6 Å². The lowest BCUT2D eigenvalue weighted by atomic mass is 10.1. The molecule has 1 atom stereocenters. The summed E-state index contributed by atoms with van der Waals surface area (Å²) < 4.78 is 0. The van der Waals surface area contributed by atoms with E-state index < -0.39 is 4.92 Å². The molecule has 1 heterocycles. The number of nitro groups is 1. The first kappa shape index (κ1) is 15.5. The zero-order chi connectivity index (χ0) is 15.6. The van der Waals surface area contributed by atoms with Crippen molar-refractivity contribution in [2.75, 3.05) is 31.6 Å². The van der Waals surface area contributed by atoms with Crippen LogP contribution in [0.1, 0.15) is 5.56 Å². The molecule has 21 heavy (non-hydrogen) atoms. The Morgan fingerprint density at radius 3 is 2.90 bits per heavy atom. The molecule has 0 aromatic heterocycles. The van der Waals surface area contributed by atoms with Crippen LogP contribution in [0.15, 0.2) is 12.1 Å². The normalized spacial score (nSPS) is 18.4. The number of hydrogen-bond acceptors (Lipinski definition) is 5. The third kappa shape index (κ3) is 3.08. The number of hydrogen-bond donors (Lipinski definition) is 2. The molecule has 0 saturated carbocycles.